The Morgan fingerprint density at radius 2 is 2.06 bits per heavy atom. The Morgan fingerprint density at radius 3 is 2.70 bits per heavy atom. The van der Waals surface area contributed by atoms with E-state index in [1.165, 1.54) is 26.1 Å². The van der Waals surface area contributed by atoms with Crippen LogP contribution in [0.25, 0.3) is 5.95 Å². The monoisotopic (exact) mass is 474 g/mol. The van der Waals surface area contributed by atoms with Gasteiger partial charge < -0.3 is 5.32 Å². The fourth-order valence-electron chi connectivity index (χ4n) is 4.42. The maximum absolute atomic E-state index is 14.2. The molecule has 0 amide bonds. The van der Waals surface area contributed by atoms with Crippen molar-refractivity contribution in [3.05, 3.63) is 64.0 Å². The second-order valence-electron chi connectivity index (χ2n) is 9.47. The number of halogens is 2. The fourth-order valence-corrected chi connectivity index (χ4v) is 4.57. The number of hydrogen-bond acceptors (Lipinski definition) is 5. The molecule has 33 heavy (non-hydrogen) atoms. The molecule has 3 aromatic rings. The van der Waals surface area contributed by atoms with Gasteiger partial charge in [0.2, 0.25) is 5.95 Å². The van der Waals surface area contributed by atoms with Crippen LogP contribution in [0.5, 0.6) is 0 Å². The third-order valence-corrected chi connectivity index (χ3v) is 6.25. The lowest BCUT2D eigenvalue weighted by atomic mass is 9.64. The number of aryl methyl sites for hydroxylation is 1. The lowest BCUT2D eigenvalue weighted by molar-refractivity contribution is 0.0984. The second kappa shape index (κ2) is 8.93. The Bertz CT molecular complexity index is 1190. The van der Waals surface area contributed by atoms with Crippen molar-refractivity contribution in [2.45, 2.75) is 52.2 Å². The van der Waals surface area contributed by atoms with Crippen LogP contribution in [0.4, 0.5) is 14.6 Å². The Balaban J connectivity index is 1.63. The summed E-state index contributed by atoms with van der Waals surface area (Å²) in [6, 6.07) is 4.65. The zero-order valence-corrected chi connectivity index (χ0v) is 20.2. The van der Waals surface area contributed by atoms with E-state index in [4.69, 9.17) is 0 Å². The van der Waals surface area contributed by atoms with E-state index < -0.39 is 11.4 Å². The first-order valence-electron chi connectivity index (χ1n) is 11.1. The topological polar surface area (TPSA) is 77.6 Å². The lowest BCUT2D eigenvalue weighted by Gasteiger charge is -2.42. The van der Waals surface area contributed by atoms with Crippen molar-refractivity contribution >= 4 is 15.1 Å². The third-order valence-electron chi connectivity index (χ3n) is 5.96. The van der Waals surface area contributed by atoms with Gasteiger partial charge in [-0.15, -0.1) is 0 Å². The standard InChI is InChI=1S/C23H29F2N6OP/c1-4-30-14-15(13-27-30)8-17-6-5-7-31(20(17)32)21-28-18(23(24,25)33)9-19(29-21)26-12-16-10-22(2,3)11-16/h5-7,9,13-14,16H,4,8,10-12,33H2,1-3H3,(H,26,28,29). The second-order valence-corrected chi connectivity index (χ2v) is 10.2. The van der Waals surface area contributed by atoms with Crippen LogP contribution in [-0.2, 0) is 18.6 Å². The van der Waals surface area contributed by atoms with Crippen molar-refractivity contribution in [3.8, 4) is 5.95 Å². The van der Waals surface area contributed by atoms with Gasteiger partial charge >= 0.3 is 0 Å². The van der Waals surface area contributed by atoms with E-state index in [9.17, 15) is 13.6 Å². The largest absolute Gasteiger partial charge is 0.370 e. The van der Waals surface area contributed by atoms with E-state index in [0.29, 0.717) is 29.9 Å². The molecular weight excluding hydrogens is 445 g/mol. The van der Waals surface area contributed by atoms with Gasteiger partial charge in [0.15, 0.2) is 0 Å². The molecule has 1 atom stereocenters. The summed E-state index contributed by atoms with van der Waals surface area (Å²) in [6.07, 6.45) is 7.62. The highest BCUT2D eigenvalue weighted by Gasteiger charge is 2.35. The highest BCUT2D eigenvalue weighted by Crippen LogP contribution is 2.44. The lowest BCUT2D eigenvalue weighted by Crippen LogP contribution is -2.36. The Hall–Kier alpha value is -2.67. The number of aromatic nitrogens is 5. The molecule has 1 unspecified atom stereocenters. The average Bonchev–Trinajstić information content (AvgIpc) is 3.19. The van der Waals surface area contributed by atoms with E-state index in [1.54, 1.807) is 23.0 Å². The molecule has 1 fully saturated rings. The highest BCUT2D eigenvalue weighted by molar-refractivity contribution is 7.17. The minimum Gasteiger partial charge on any atom is -0.370 e. The van der Waals surface area contributed by atoms with Crippen LogP contribution in [0.2, 0.25) is 0 Å². The molecule has 1 aliphatic carbocycles. The molecule has 0 aliphatic heterocycles. The Morgan fingerprint density at radius 1 is 1.30 bits per heavy atom. The number of anilines is 1. The molecule has 0 radical (unpaired) electrons. The zero-order chi connectivity index (χ0) is 23.8. The molecule has 7 nitrogen and oxygen atoms in total. The summed E-state index contributed by atoms with van der Waals surface area (Å²) < 4.78 is 31.3. The summed E-state index contributed by atoms with van der Waals surface area (Å²) in [5.74, 6) is 0.666. The predicted molar refractivity (Wildman–Crippen MR) is 127 cm³/mol. The molecule has 1 N–H and O–H groups in total. The van der Waals surface area contributed by atoms with Crippen molar-refractivity contribution in [1.82, 2.24) is 24.3 Å². The summed E-state index contributed by atoms with van der Waals surface area (Å²) >= 11 is 0. The van der Waals surface area contributed by atoms with Crippen LogP contribution in [0, 0.1) is 11.3 Å². The highest BCUT2D eigenvalue weighted by atomic mass is 31.0. The molecule has 3 heterocycles. The molecule has 176 valence electrons. The molecule has 0 aromatic carbocycles. The number of nitrogens with zero attached hydrogens (tertiary/aromatic N) is 5. The van der Waals surface area contributed by atoms with Gasteiger partial charge in [-0.3, -0.25) is 14.0 Å². The van der Waals surface area contributed by atoms with Crippen molar-refractivity contribution in [2.75, 3.05) is 11.9 Å². The maximum Gasteiger partial charge on any atom is 0.300 e. The van der Waals surface area contributed by atoms with Gasteiger partial charge in [0.25, 0.3) is 11.2 Å². The first kappa shape index (κ1) is 23.5. The zero-order valence-electron chi connectivity index (χ0n) is 19.1. The van der Waals surface area contributed by atoms with Crippen molar-refractivity contribution in [1.29, 1.82) is 0 Å². The predicted octanol–water partition coefficient (Wildman–Crippen LogP) is 4.21. The van der Waals surface area contributed by atoms with E-state index in [0.717, 1.165) is 24.9 Å². The summed E-state index contributed by atoms with van der Waals surface area (Å²) in [5.41, 5.74) is -2.34. The summed E-state index contributed by atoms with van der Waals surface area (Å²) in [6.45, 7) is 7.78. The molecule has 3 aromatic heterocycles. The van der Waals surface area contributed by atoms with E-state index in [-0.39, 0.29) is 17.3 Å². The summed E-state index contributed by atoms with van der Waals surface area (Å²) in [7, 11) is 1.50. The van der Waals surface area contributed by atoms with E-state index in [1.807, 2.05) is 13.1 Å². The van der Waals surface area contributed by atoms with Gasteiger partial charge in [0.1, 0.15) is 11.5 Å². The quantitative estimate of drug-likeness (QED) is 0.495. The van der Waals surface area contributed by atoms with E-state index in [2.05, 4.69) is 34.2 Å². The Labute approximate surface area is 193 Å². The number of rotatable bonds is 8. The summed E-state index contributed by atoms with van der Waals surface area (Å²) in [4.78, 5) is 21.6. The first-order chi connectivity index (χ1) is 15.5. The van der Waals surface area contributed by atoms with Gasteiger partial charge in [-0.25, -0.2) is 4.98 Å². The normalized spacial score (nSPS) is 15.9. The van der Waals surface area contributed by atoms with Gasteiger partial charge in [0, 0.05) is 43.5 Å². The van der Waals surface area contributed by atoms with Crippen LogP contribution in [0.15, 0.2) is 41.6 Å². The SMILES string of the molecule is CCn1cc(Cc2cccn(-c3nc(NCC4CC(C)(C)C4)cc(C(F)(F)P)n3)c2=O)cn1. The smallest absolute Gasteiger partial charge is 0.300 e. The third kappa shape index (κ3) is 5.46. The molecule has 4 rings (SSSR count). The fraction of sp³-hybridized carbons (Fsp3) is 0.478. The summed E-state index contributed by atoms with van der Waals surface area (Å²) in [5, 5.41) is 7.41. The molecule has 0 saturated heterocycles. The van der Waals surface area contributed by atoms with Crippen LogP contribution in [-0.4, -0.2) is 30.9 Å². The van der Waals surface area contributed by atoms with Gasteiger partial charge in [-0.2, -0.15) is 18.9 Å². The number of alkyl halides is 2. The van der Waals surface area contributed by atoms with Crippen LogP contribution in [0.3, 0.4) is 0 Å². The minimum absolute atomic E-state index is 0.0813. The maximum atomic E-state index is 14.2. The van der Waals surface area contributed by atoms with Gasteiger partial charge in [-0.05, 0) is 42.7 Å². The van der Waals surface area contributed by atoms with Crippen LogP contribution < -0.4 is 10.9 Å². The average molecular weight is 474 g/mol. The van der Waals surface area contributed by atoms with Gasteiger partial charge in [0.05, 0.1) is 6.20 Å². The molecule has 0 bridgehead atoms. The van der Waals surface area contributed by atoms with Crippen LogP contribution >= 0.6 is 9.24 Å². The number of pyridine rings is 1. The number of hydrogen-bond donors (Lipinski definition) is 1. The minimum atomic E-state index is -3.25. The van der Waals surface area contributed by atoms with Crippen LogP contribution in [0.1, 0.15) is 50.4 Å². The molecular formula is C23H29F2N6OP. The molecule has 1 saturated carbocycles. The van der Waals surface area contributed by atoms with E-state index >= 15 is 0 Å². The number of nitrogens with one attached hydrogen (secondary N) is 1. The van der Waals surface area contributed by atoms with Crippen molar-refractivity contribution < 1.29 is 8.78 Å². The van der Waals surface area contributed by atoms with Crippen molar-refractivity contribution in [3.63, 3.8) is 0 Å². The first-order valence-corrected chi connectivity index (χ1v) is 11.6. The molecule has 10 heteroatoms. The Kier molecular flexibility index (Phi) is 6.36. The van der Waals surface area contributed by atoms with Gasteiger partial charge in [-0.1, -0.05) is 29.2 Å². The molecule has 0 spiro atoms. The molecule has 1 aliphatic rings. The van der Waals surface area contributed by atoms with Crippen molar-refractivity contribution in [2.24, 2.45) is 11.3 Å².